The number of carbonyl (C=O) groups is 1. The maximum absolute atomic E-state index is 11.8. The van der Waals surface area contributed by atoms with Crippen LogP contribution in [-0.4, -0.2) is 42.2 Å². The third kappa shape index (κ3) is 5.29. The highest BCUT2D eigenvalue weighted by atomic mass is 16.3. The molecule has 4 nitrogen and oxygen atoms in total. The summed E-state index contributed by atoms with van der Waals surface area (Å²) in [5.74, 6) is -0.0329. The first-order valence-electron chi connectivity index (χ1n) is 6.20. The van der Waals surface area contributed by atoms with Gasteiger partial charge in [0.2, 0.25) is 5.91 Å². The van der Waals surface area contributed by atoms with Crippen molar-refractivity contribution in [2.45, 2.75) is 26.0 Å². The first-order valence-corrected chi connectivity index (χ1v) is 6.20. The Morgan fingerprint density at radius 3 is 2.50 bits per heavy atom. The minimum absolute atomic E-state index is 0.00125. The second-order valence-corrected chi connectivity index (χ2v) is 4.75. The Morgan fingerprint density at radius 2 is 1.94 bits per heavy atom. The third-order valence-electron chi connectivity index (χ3n) is 2.67. The molecule has 0 aliphatic carbocycles. The van der Waals surface area contributed by atoms with Crippen molar-refractivity contribution < 1.29 is 9.90 Å². The van der Waals surface area contributed by atoms with E-state index in [4.69, 9.17) is 0 Å². The molecule has 0 aliphatic rings. The van der Waals surface area contributed by atoms with Gasteiger partial charge in [-0.3, -0.25) is 9.69 Å². The highest BCUT2D eigenvalue weighted by Gasteiger charge is 2.12. The second-order valence-electron chi connectivity index (χ2n) is 4.75. The number of nitrogens with one attached hydrogen (secondary N) is 1. The Kier molecular flexibility index (Phi) is 5.82. The first-order chi connectivity index (χ1) is 8.49. The summed E-state index contributed by atoms with van der Waals surface area (Å²) >= 11 is 0. The molecule has 1 amide bonds. The number of aliphatic hydroxyl groups excluding tert-OH is 1. The Bertz CT molecular complexity index is 365. The second kappa shape index (κ2) is 7.13. The van der Waals surface area contributed by atoms with Gasteiger partial charge in [0, 0.05) is 6.54 Å². The molecule has 0 aliphatic heterocycles. The summed E-state index contributed by atoms with van der Waals surface area (Å²) in [6, 6.07) is 9.84. The minimum Gasteiger partial charge on any atom is -0.392 e. The van der Waals surface area contributed by atoms with Crippen LogP contribution in [0.15, 0.2) is 30.3 Å². The quantitative estimate of drug-likeness (QED) is 0.797. The molecule has 100 valence electrons. The molecule has 0 saturated carbocycles. The summed E-state index contributed by atoms with van der Waals surface area (Å²) in [5.41, 5.74) is 1.09. The van der Waals surface area contributed by atoms with Gasteiger partial charge < -0.3 is 10.4 Å². The molecule has 0 radical (unpaired) electrons. The maximum Gasteiger partial charge on any atom is 0.234 e. The molecule has 0 heterocycles. The monoisotopic (exact) mass is 250 g/mol. The van der Waals surface area contributed by atoms with E-state index >= 15 is 0 Å². The molecular weight excluding hydrogens is 228 g/mol. The van der Waals surface area contributed by atoms with Crippen LogP contribution in [0.2, 0.25) is 0 Å². The summed E-state index contributed by atoms with van der Waals surface area (Å²) in [6.45, 7) is 4.46. The molecular formula is C14H22N2O2. The summed E-state index contributed by atoms with van der Waals surface area (Å²) < 4.78 is 0. The number of benzene rings is 1. The van der Waals surface area contributed by atoms with E-state index in [-0.39, 0.29) is 11.9 Å². The van der Waals surface area contributed by atoms with E-state index in [0.29, 0.717) is 13.1 Å². The fourth-order valence-electron chi connectivity index (χ4n) is 1.87. The molecule has 2 N–H and O–H groups in total. The smallest absolute Gasteiger partial charge is 0.234 e. The SMILES string of the molecule is CC(O)CN(C)CC(=O)NC(C)c1ccccc1. The lowest BCUT2D eigenvalue weighted by molar-refractivity contribution is -0.122. The number of amides is 1. The van der Waals surface area contributed by atoms with Crippen LogP contribution in [-0.2, 0) is 4.79 Å². The number of rotatable bonds is 6. The maximum atomic E-state index is 11.8. The molecule has 2 atom stereocenters. The standard InChI is InChI=1S/C14H22N2O2/c1-11(17)9-16(3)10-14(18)15-12(2)13-7-5-4-6-8-13/h4-8,11-12,17H,9-10H2,1-3H3,(H,15,18). The fraction of sp³-hybridized carbons (Fsp3) is 0.500. The number of nitrogens with zero attached hydrogens (tertiary/aromatic N) is 1. The molecule has 18 heavy (non-hydrogen) atoms. The van der Waals surface area contributed by atoms with Crippen molar-refractivity contribution in [1.82, 2.24) is 10.2 Å². The molecule has 0 bridgehead atoms. The summed E-state index contributed by atoms with van der Waals surface area (Å²) in [4.78, 5) is 13.6. The average Bonchev–Trinajstić information content (AvgIpc) is 2.28. The number of aliphatic hydroxyl groups is 1. The molecule has 4 heteroatoms. The Labute approximate surface area is 109 Å². The normalized spacial score (nSPS) is 14.3. The van der Waals surface area contributed by atoms with E-state index in [1.54, 1.807) is 11.8 Å². The molecule has 0 spiro atoms. The largest absolute Gasteiger partial charge is 0.392 e. The van der Waals surface area contributed by atoms with Gasteiger partial charge in [-0.2, -0.15) is 0 Å². The molecule has 0 aromatic heterocycles. The van der Waals surface area contributed by atoms with E-state index < -0.39 is 6.10 Å². The number of likely N-dealkylation sites (N-methyl/N-ethyl adjacent to an activating group) is 1. The van der Waals surface area contributed by atoms with E-state index in [1.165, 1.54) is 0 Å². The lowest BCUT2D eigenvalue weighted by Gasteiger charge is -2.20. The van der Waals surface area contributed by atoms with Crippen LogP contribution in [0.1, 0.15) is 25.5 Å². The van der Waals surface area contributed by atoms with Crippen LogP contribution in [0.3, 0.4) is 0 Å². The first kappa shape index (κ1) is 14.7. The Balaban J connectivity index is 2.41. The van der Waals surface area contributed by atoms with Crippen LogP contribution in [0.25, 0.3) is 0 Å². The van der Waals surface area contributed by atoms with Crippen LogP contribution in [0, 0.1) is 0 Å². The zero-order valence-corrected chi connectivity index (χ0v) is 11.3. The average molecular weight is 250 g/mol. The van der Waals surface area contributed by atoms with Gasteiger partial charge in [-0.05, 0) is 26.5 Å². The van der Waals surface area contributed by atoms with Crippen molar-refractivity contribution in [2.24, 2.45) is 0 Å². The molecule has 1 aromatic carbocycles. The number of hydrogen-bond acceptors (Lipinski definition) is 3. The summed E-state index contributed by atoms with van der Waals surface area (Å²) in [7, 11) is 1.82. The summed E-state index contributed by atoms with van der Waals surface area (Å²) in [6.07, 6.45) is -0.422. The Morgan fingerprint density at radius 1 is 1.33 bits per heavy atom. The predicted octanol–water partition coefficient (Wildman–Crippen LogP) is 1.18. The van der Waals surface area contributed by atoms with Crippen LogP contribution in [0.5, 0.6) is 0 Å². The molecule has 1 aromatic rings. The molecule has 1 rings (SSSR count). The molecule has 0 fully saturated rings. The van der Waals surface area contributed by atoms with Crippen molar-refractivity contribution in [2.75, 3.05) is 20.1 Å². The molecule has 0 saturated heterocycles. The number of hydrogen-bond donors (Lipinski definition) is 2. The van der Waals surface area contributed by atoms with Crippen LogP contribution < -0.4 is 5.32 Å². The van der Waals surface area contributed by atoms with Gasteiger partial charge in [-0.15, -0.1) is 0 Å². The van der Waals surface area contributed by atoms with Gasteiger partial charge in [-0.25, -0.2) is 0 Å². The fourth-order valence-corrected chi connectivity index (χ4v) is 1.87. The predicted molar refractivity (Wildman–Crippen MR) is 72.2 cm³/mol. The molecule has 2 unspecified atom stereocenters. The lowest BCUT2D eigenvalue weighted by Crippen LogP contribution is -2.38. The van der Waals surface area contributed by atoms with Gasteiger partial charge in [0.25, 0.3) is 0 Å². The number of carbonyl (C=O) groups excluding carboxylic acids is 1. The minimum atomic E-state index is -0.422. The highest BCUT2D eigenvalue weighted by Crippen LogP contribution is 2.10. The van der Waals surface area contributed by atoms with Gasteiger partial charge in [-0.1, -0.05) is 30.3 Å². The van der Waals surface area contributed by atoms with E-state index in [9.17, 15) is 9.90 Å². The van der Waals surface area contributed by atoms with Crippen molar-refractivity contribution in [3.8, 4) is 0 Å². The zero-order valence-electron chi connectivity index (χ0n) is 11.3. The zero-order chi connectivity index (χ0) is 13.5. The van der Waals surface area contributed by atoms with Crippen molar-refractivity contribution in [3.63, 3.8) is 0 Å². The third-order valence-corrected chi connectivity index (χ3v) is 2.67. The van der Waals surface area contributed by atoms with Gasteiger partial charge in [0.05, 0.1) is 18.7 Å². The topological polar surface area (TPSA) is 52.6 Å². The van der Waals surface area contributed by atoms with Gasteiger partial charge in [0.1, 0.15) is 0 Å². The Hall–Kier alpha value is -1.39. The van der Waals surface area contributed by atoms with Gasteiger partial charge in [0.15, 0.2) is 0 Å². The van der Waals surface area contributed by atoms with Gasteiger partial charge >= 0.3 is 0 Å². The van der Waals surface area contributed by atoms with E-state index in [0.717, 1.165) is 5.56 Å². The van der Waals surface area contributed by atoms with Crippen molar-refractivity contribution in [1.29, 1.82) is 0 Å². The van der Waals surface area contributed by atoms with Crippen LogP contribution >= 0.6 is 0 Å². The van der Waals surface area contributed by atoms with E-state index in [2.05, 4.69) is 5.32 Å². The van der Waals surface area contributed by atoms with Crippen molar-refractivity contribution in [3.05, 3.63) is 35.9 Å². The van der Waals surface area contributed by atoms with Crippen molar-refractivity contribution >= 4 is 5.91 Å². The van der Waals surface area contributed by atoms with E-state index in [1.807, 2.05) is 44.3 Å². The van der Waals surface area contributed by atoms with Crippen LogP contribution in [0.4, 0.5) is 0 Å². The summed E-state index contributed by atoms with van der Waals surface area (Å²) in [5, 5.41) is 12.2. The lowest BCUT2D eigenvalue weighted by atomic mass is 10.1. The highest BCUT2D eigenvalue weighted by molar-refractivity contribution is 5.78.